The zero-order chi connectivity index (χ0) is 7.68. The summed E-state index contributed by atoms with van der Waals surface area (Å²) >= 11 is 5.45. The van der Waals surface area contributed by atoms with Crippen LogP contribution in [0.15, 0.2) is 11.4 Å². The molecular weight excluding hydrogens is 196 g/mol. The van der Waals surface area contributed by atoms with Gasteiger partial charge in [0.25, 0.3) is 0 Å². The standard InChI is InChI=1S/C7H8OS3/c1-5-6(2-3-9-5)8-7-10-4-11-7/h2-3,7H,4H2,1H3. The van der Waals surface area contributed by atoms with Gasteiger partial charge in [0.15, 0.2) is 4.77 Å². The minimum atomic E-state index is 0.350. The van der Waals surface area contributed by atoms with E-state index in [0.717, 1.165) is 5.75 Å². The maximum absolute atomic E-state index is 5.66. The summed E-state index contributed by atoms with van der Waals surface area (Å²) in [4.78, 5) is 1.28. The van der Waals surface area contributed by atoms with Crippen molar-refractivity contribution in [2.75, 3.05) is 5.08 Å². The lowest BCUT2D eigenvalue weighted by Gasteiger charge is -2.24. The van der Waals surface area contributed by atoms with Crippen molar-refractivity contribution in [1.82, 2.24) is 0 Å². The van der Waals surface area contributed by atoms with Crippen LogP contribution in [0.4, 0.5) is 0 Å². The van der Waals surface area contributed by atoms with Gasteiger partial charge in [-0.25, -0.2) is 0 Å². The maximum Gasteiger partial charge on any atom is 0.192 e. The third kappa shape index (κ3) is 1.68. The summed E-state index contributed by atoms with van der Waals surface area (Å²) in [6, 6.07) is 2.04. The number of thioether (sulfide) groups is 2. The summed E-state index contributed by atoms with van der Waals surface area (Å²) in [6.45, 7) is 2.09. The van der Waals surface area contributed by atoms with Gasteiger partial charge in [-0.15, -0.1) is 11.3 Å². The van der Waals surface area contributed by atoms with Gasteiger partial charge in [-0.05, 0) is 18.4 Å². The Morgan fingerprint density at radius 1 is 1.55 bits per heavy atom. The molecule has 1 aliphatic rings. The van der Waals surface area contributed by atoms with Crippen LogP contribution in [0.2, 0.25) is 0 Å². The summed E-state index contributed by atoms with van der Waals surface area (Å²) in [5.41, 5.74) is 0. The summed E-state index contributed by atoms with van der Waals surface area (Å²) in [5.74, 6) is 1.06. The highest BCUT2D eigenvalue weighted by atomic mass is 32.3. The largest absolute Gasteiger partial charge is 0.469 e. The molecule has 0 unspecified atom stereocenters. The van der Waals surface area contributed by atoms with Gasteiger partial charge in [-0.2, -0.15) is 0 Å². The van der Waals surface area contributed by atoms with E-state index < -0.39 is 0 Å². The quantitative estimate of drug-likeness (QED) is 0.732. The minimum absolute atomic E-state index is 0.350. The van der Waals surface area contributed by atoms with Crippen molar-refractivity contribution in [1.29, 1.82) is 0 Å². The van der Waals surface area contributed by atoms with Crippen molar-refractivity contribution < 1.29 is 4.74 Å². The lowest BCUT2D eigenvalue weighted by molar-refractivity contribution is 0.362. The van der Waals surface area contributed by atoms with E-state index in [1.54, 1.807) is 11.3 Å². The second kappa shape index (κ2) is 3.29. The van der Waals surface area contributed by atoms with E-state index in [4.69, 9.17) is 4.74 Å². The molecule has 0 radical (unpaired) electrons. The van der Waals surface area contributed by atoms with Gasteiger partial charge in [-0.3, -0.25) is 0 Å². The normalized spacial score (nSPS) is 17.9. The predicted octanol–water partition coefficient (Wildman–Crippen LogP) is 3.16. The summed E-state index contributed by atoms with van der Waals surface area (Å²) < 4.78 is 6.01. The summed E-state index contributed by atoms with van der Waals surface area (Å²) in [7, 11) is 0. The van der Waals surface area contributed by atoms with E-state index in [1.807, 2.05) is 29.6 Å². The van der Waals surface area contributed by atoms with E-state index in [0.29, 0.717) is 4.77 Å². The van der Waals surface area contributed by atoms with E-state index in [2.05, 4.69) is 12.3 Å². The number of ether oxygens (including phenoxy) is 1. The first-order valence-corrected chi connectivity index (χ1v) is 6.28. The van der Waals surface area contributed by atoms with Crippen LogP contribution in [0, 0.1) is 6.92 Å². The molecule has 0 aliphatic carbocycles. The van der Waals surface area contributed by atoms with Gasteiger partial charge in [0.1, 0.15) is 5.75 Å². The fourth-order valence-corrected chi connectivity index (χ4v) is 2.75. The number of hydrogen-bond acceptors (Lipinski definition) is 4. The summed E-state index contributed by atoms with van der Waals surface area (Å²) in [5, 5.41) is 3.24. The van der Waals surface area contributed by atoms with Gasteiger partial charge in [0, 0.05) is 9.96 Å². The van der Waals surface area contributed by atoms with Gasteiger partial charge in [0.2, 0.25) is 0 Å². The van der Waals surface area contributed by atoms with E-state index >= 15 is 0 Å². The van der Waals surface area contributed by atoms with E-state index in [1.165, 1.54) is 9.96 Å². The van der Waals surface area contributed by atoms with E-state index in [9.17, 15) is 0 Å². The predicted molar refractivity (Wildman–Crippen MR) is 53.5 cm³/mol. The van der Waals surface area contributed by atoms with Crippen LogP contribution in [-0.4, -0.2) is 9.85 Å². The first kappa shape index (κ1) is 7.83. The first-order chi connectivity index (χ1) is 5.36. The Morgan fingerprint density at radius 3 is 2.82 bits per heavy atom. The van der Waals surface area contributed by atoms with Gasteiger partial charge < -0.3 is 4.74 Å². The molecule has 0 spiro atoms. The van der Waals surface area contributed by atoms with Crippen molar-refractivity contribution in [2.45, 2.75) is 11.7 Å². The molecule has 2 heterocycles. The molecule has 1 nitrogen and oxygen atoms in total. The minimum Gasteiger partial charge on any atom is -0.469 e. The lowest BCUT2D eigenvalue weighted by atomic mass is 10.5. The molecular formula is C7H8OS3. The number of rotatable bonds is 2. The SMILES string of the molecule is Cc1sccc1OC1SCS1. The van der Waals surface area contributed by atoms with Gasteiger partial charge in [-0.1, -0.05) is 23.5 Å². The molecule has 0 atom stereocenters. The van der Waals surface area contributed by atoms with Crippen molar-refractivity contribution in [3.63, 3.8) is 0 Å². The number of hydrogen-bond donors (Lipinski definition) is 0. The average molecular weight is 204 g/mol. The molecule has 0 N–H and O–H groups in total. The van der Waals surface area contributed by atoms with Crippen LogP contribution in [0.5, 0.6) is 5.75 Å². The molecule has 0 amide bonds. The molecule has 1 fully saturated rings. The molecule has 1 aromatic rings. The molecule has 60 valence electrons. The molecule has 0 saturated carbocycles. The number of aryl methyl sites for hydroxylation is 1. The van der Waals surface area contributed by atoms with Crippen molar-refractivity contribution >= 4 is 34.9 Å². The van der Waals surface area contributed by atoms with Crippen molar-refractivity contribution in [3.8, 4) is 5.75 Å². The summed E-state index contributed by atoms with van der Waals surface area (Å²) in [6.07, 6.45) is 0. The highest BCUT2D eigenvalue weighted by Crippen LogP contribution is 2.41. The molecule has 0 bridgehead atoms. The number of thiophene rings is 1. The molecule has 4 heteroatoms. The molecule has 11 heavy (non-hydrogen) atoms. The molecule has 1 saturated heterocycles. The first-order valence-electron chi connectivity index (χ1n) is 3.30. The Bertz CT molecular complexity index is 242. The van der Waals surface area contributed by atoms with Gasteiger partial charge >= 0.3 is 0 Å². The Hall–Kier alpha value is 0.200. The van der Waals surface area contributed by atoms with Gasteiger partial charge in [0.05, 0.1) is 0 Å². The Labute approximate surface area is 78.5 Å². The molecule has 1 aliphatic heterocycles. The fourth-order valence-electron chi connectivity index (χ4n) is 0.791. The third-order valence-electron chi connectivity index (χ3n) is 1.44. The Balaban J connectivity index is 1.99. The van der Waals surface area contributed by atoms with Crippen LogP contribution >= 0.6 is 34.9 Å². The van der Waals surface area contributed by atoms with Crippen LogP contribution in [0.25, 0.3) is 0 Å². The second-order valence-corrected chi connectivity index (χ2v) is 6.08. The fraction of sp³-hybridized carbons (Fsp3) is 0.429. The van der Waals surface area contributed by atoms with Crippen LogP contribution in [0.3, 0.4) is 0 Å². The zero-order valence-electron chi connectivity index (χ0n) is 6.07. The highest BCUT2D eigenvalue weighted by Gasteiger charge is 2.21. The maximum atomic E-state index is 5.66. The Kier molecular flexibility index (Phi) is 2.34. The molecule has 2 rings (SSSR count). The van der Waals surface area contributed by atoms with Crippen molar-refractivity contribution in [2.24, 2.45) is 0 Å². The monoisotopic (exact) mass is 204 g/mol. The van der Waals surface area contributed by atoms with Crippen LogP contribution < -0.4 is 4.74 Å². The van der Waals surface area contributed by atoms with Crippen LogP contribution in [-0.2, 0) is 0 Å². The third-order valence-corrected chi connectivity index (χ3v) is 4.91. The van der Waals surface area contributed by atoms with E-state index in [-0.39, 0.29) is 0 Å². The smallest absolute Gasteiger partial charge is 0.192 e. The topological polar surface area (TPSA) is 9.23 Å². The van der Waals surface area contributed by atoms with Crippen molar-refractivity contribution in [3.05, 3.63) is 16.3 Å². The zero-order valence-corrected chi connectivity index (χ0v) is 8.52. The van der Waals surface area contributed by atoms with Crippen LogP contribution in [0.1, 0.15) is 4.88 Å². The Morgan fingerprint density at radius 2 is 2.36 bits per heavy atom. The second-order valence-electron chi connectivity index (χ2n) is 2.20. The molecule has 1 aromatic heterocycles. The molecule has 0 aromatic carbocycles. The average Bonchev–Trinajstić information content (AvgIpc) is 2.27. The lowest BCUT2D eigenvalue weighted by Crippen LogP contribution is -2.15. The highest BCUT2D eigenvalue weighted by molar-refractivity contribution is 8.32.